The van der Waals surface area contributed by atoms with Crippen LogP contribution in [0.3, 0.4) is 0 Å². The number of amides is 1. The van der Waals surface area contributed by atoms with Crippen molar-refractivity contribution in [2.75, 3.05) is 18.9 Å². The van der Waals surface area contributed by atoms with Crippen LogP contribution in [0.15, 0.2) is 5.38 Å². The second-order valence-electron chi connectivity index (χ2n) is 4.19. The molecule has 122 valence electrons. The van der Waals surface area contributed by atoms with E-state index in [4.69, 9.17) is 15.2 Å². The van der Waals surface area contributed by atoms with Crippen LogP contribution in [-0.2, 0) is 19.1 Å². The van der Waals surface area contributed by atoms with Gasteiger partial charge >= 0.3 is 11.9 Å². The minimum absolute atomic E-state index is 0.00317. The van der Waals surface area contributed by atoms with Crippen molar-refractivity contribution in [1.29, 1.82) is 0 Å². The summed E-state index contributed by atoms with van der Waals surface area (Å²) in [6, 6.07) is -0.945. The quantitative estimate of drug-likeness (QED) is 0.674. The van der Waals surface area contributed by atoms with Crippen LogP contribution in [0.4, 0.5) is 5.13 Å². The first-order valence-corrected chi connectivity index (χ1v) is 7.70. The summed E-state index contributed by atoms with van der Waals surface area (Å²) in [6.07, 6.45) is 0.0832. The van der Waals surface area contributed by atoms with Gasteiger partial charge in [-0.25, -0.2) is 9.78 Å². The van der Waals surface area contributed by atoms with E-state index in [0.29, 0.717) is 0 Å². The molecule has 0 radical (unpaired) electrons. The molecule has 1 amide bonds. The molecular weight excluding hydrogens is 310 g/mol. The summed E-state index contributed by atoms with van der Waals surface area (Å²) in [5.74, 6) is -1.60. The second kappa shape index (κ2) is 8.98. The number of nitrogens with zero attached hydrogens (tertiary/aromatic N) is 1. The zero-order valence-corrected chi connectivity index (χ0v) is 13.3. The lowest BCUT2D eigenvalue weighted by Gasteiger charge is -2.16. The molecule has 1 atom stereocenters. The number of hydrogen-bond donors (Lipinski definition) is 2. The van der Waals surface area contributed by atoms with Crippen LogP contribution in [0.5, 0.6) is 0 Å². The molecule has 0 aliphatic carbocycles. The van der Waals surface area contributed by atoms with Gasteiger partial charge in [-0.3, -0.25) is 9.59 Å². The summed E-state index contributed by atoms with van der Waals surface area (Å²) in [5.41, 5.74) is 5.58. The lowest BCUT2D eigenvalue weighted by molar-refractivity contribution is -0.146. The number of hydrogen-bond acceptors (Lipinski definition) is 8. The molecule has 0 aliphatic rings. The van der Waals surface area contributed by atoms with Crippen LogP contribution < -0.4 is 11.1 Å². The average molecular weight is 329 g/mol. The van der Waals surface area contributed by atoms with Gasteiger partial charge in [0.25, 0.3) is 5.91 Å². The van der Waals surface area contributed by atoms with Crippen LogP contribution in [0.25, 0.3) is 0 Å². The normalized spacial score (nSPS) is 11.5. The molecule has 1 aromatic rings. The van der Waals surface area contributed by atoms with Crippen molar-refractivity contribution in [2.24, 2.45) is 0 Å². The van der Waals surface area contributed by atoms with E-state index < -0.39 is 23.9 Å². The lowest BCUT2D eigenvalue weighted by atomic mass is 10.1. The molecule has 1 unspecified atom stereocenters. The van der Waals surface area contributed by atoms with Crippen LogP contribution in [0, 0.1) is 0 Å². The Morgan fingerprint density at radius 2 is 2.00 bits per heavy atom. The molecule has 0 fully saturated rings. The fraction of sp³-hybridized carbons (Fsp3) is 0.538. The number of nitrogens with one attached hydrogen (secondary N) is 1. The van der Waals surface area contributed by atoms with Gasteiger partial charge in [0.15, 0.2) is 5.13 Å². The first kappa shape index (κ1) is 17.9. The number of nitrogens with two attached hydrogens (primary N) is 1. The van der Waals surface area contributed by atoms with Crippen molar-refractivity contribution in [3.05, 3.63) is 11.1 Å². The number of carbonyl (C=O) groups is 3. The van der Waals surface area contributed by atoms with Crippen molar-refractivity contribution in [3.63, 3.8) is 0 Å². The Kier molecular flexibility index (Phi) is 7.30. The average Bonchev–Trinajstić information content (AvgIpc) is 2.90. The molecule has 1 aromatic heterocycles. The molecule has 9 heteroatoms. The summed E-state index contributed by atoms with van der Waals surface area (Å²) in [5, 5.41) is 4.23. The van der Waals surface area contributed by atoms with Crippen LogP contribution in [0.2, 0.25) is 0 Å². The van der Waals surface area contributed by atoms with Gasteiger partial charge in [-0.1, -0.05) is 0 Å². The van der Waals surface area contributed by atoms with E-state index in [1.165, 1.54) is 5.38 Å². The Morgan fingerprint density at radius 3 is 2.55 bits per heavy atom. The maximum absolute atomic E-state index is 12.0. The highest BCUT2D eigenvalue weighted by Gasteiger charge is 2.24. The highest BCUT2D eigenvalue weighted by atomic mass is 32.1. The molecule has 0 aromatic carbocycles. The Bertz CT molecular complexity index is 532. The van der Waals surface area contributed by atoms with Gasteiger partial charge in [-0.05, 0) is 20.3 Å². The van der Waals surface area contributed by atoms with Crippen molar-refractivity contribution < 1.29 is 23.9 Å². The first-order chi connectivity index (χ1) is 10.5. The number of esters is 2. The van der Waals surface area contributed by atoms with Gasteiger partial charge in [0.2, 0.25) is 0 Å². The van der Waals surface area contributed by atoms with E-state index in [1.54, 1.807) is 13.8 Å². The number of aromatic nitrogens is 1. The van der Waals surface area contributed by atoms with Gasteiger partial charge in [0, 0.05) is 11.8 Å². The Hall–Kier alpha value is -2.16. The van der Waals surface area contributed by atoms with Crippen molar-refractivity contribution in [3.8, 4) is 0 Å². The van der Waals surface area contributed by atoms with Crippen molar-refractivity contribution >= 4 is 34.3 Å². The zero-order valence-electron chi connectivity index (χ0n) is 12.5. The molecule has 0 saturated heterocycles. The standard InChI is InChI=1S/C13H19N3O5S/c1-3-20-10(17)6-5-8(12(19)21-4-2)15-11(18)9-7-22-13(14)16-9/h7-8H,3-6H2,1-2H3,(H2,14,16)(H,15,18). The number of ether oxygens (including phenoxy) is 2. The SMILES string of the molecule is CCOC(=O)CCC(NC(=O)c1csc(N)n1)C(=O)OCC. The molecule has 8 nitrogen and oxygen atoms in total. The van der Waals surface area contributed by atoms with Gasteiger partial charge in [-0.2, -0.15) is 0 Å². The predicted octanol–water partition coefficient (Wildman–Crippen LogP) is 0.730. The third-order valence-corrected chi connectivity index (χ3v) is 3.25. The lowest BCUT2D eigenvalue weighted by Crippen LogP contribution is -2.42. The summed E-state index contributed by atoms with van der Waals surface area (Å²) in [4.78, 5) is 39.1. The van der Waals surface area contributed by atoms with E-state index in [-0.39, 0.29) is 36.9 Å². The first-order valence-electron chi connectivity index (χ1n) is 6.82. The summed E-state index contributed by atoms with van der Waals surface area (Å²) in [7, 11) is 0. The van der Waals surface area contributed by atoms with Crippen LogP contribution in [0.1, 0.15) is 37.2 Å². The molecule has 22 heavy (non-hydrogen) atoms. The monoisotopic (exact) mass is 329 g/mol. The minimum Gasteiger partial charge on any atom is -0.466 e. The molecule has 0 bridgehead atoms. The Morgan fingerprint density at radius 1 is 1.32 bits per heavy atom. The molecule has 0 aliphatic heterocycles. The number of thiazole rings is 1. The van der Waals surface area contributed by atoms with E-state index in [1.807, 2.05) is 0 Å². The molecule has 0 spiro atoms. The Labute approximate surface area is 132 Å². The van der Waals surface area contributed by atoms with Gasteiger partial charge in [0.1, 0.15) is 11.7 Å². The molecule has 1 rings (SSSR count). The van der Waals surface area contributed by atoms with Crippen LogP contribution >= 0.6 is 11.3 Å². The molecule has 3 N–H and O–H groups in total. The maximum atomic E-state index is 12.0. The summed E-state index contributed by atoms with van der Waals surface area (Å²) >= 11 is 1.12. The number of anilines is 1. The third-order valence-electron chi connectivity index (χ3n) is 2.57. The minimum atomic E-state index is -0.945. The van der Waals surface area contributed by atoms with Crippen molar-refractivity contribution in [1.82, 2.24) is 10.3 Å². The summed E-state index contributed by atoms with van der Waals surface area (Å²) < 4.78 is 9.68. The number of carbonyl (C=O) groups excluding carboxylic acids is 3. The molecule has 0 saturated carbocycles. The highest BCUT2D eigenvalue weighted by Crippen LogP contribution is 2.11. The van der Waals surface area contributed by atoms with E-state index in [9.17, 15) is 14.4 Å². The fourth-order valence-electron chi connectivity index (χ4n) is 1.61. The molecular formula is C13H19N3O5S. The maximum Gasteiger partial charge on any atom is 0.328 e. The van der Waals surface area contributed by atoms with E-state index in [0.717, 1.165) is 11.3 Å². The Balaban J connectivity index is 2.66. The van der Waals surface area contributed by atoms with Gasteiger partial charge in [0.05, 0.1) is 13.2 Å². The molecule has 1 heterocycles. The number of rotatable bonds is 8. The zero-order chi connectivity index (χ0) is 16.5. The smallest absolute Gasteiger partial charge is 0.328 e. The van der Waals surface area contributed by atoms with Crippen molar-refractivity contribution in [2.45, 2.75) is 32.7 Å². The van der Waals surface area contributed by atoms with Crippen LogP contribution in [-0.4, -0.2) is 42.1 Å². The fourth-order valence-corrected chi connectivity index (χ4v) is 2.15. The second-order valence-corrected chi connectivity index (χ2v) is 5.08. The highest BCUT2D eigenvalue weighted by molar-refractivity contribution is 7.13. The van der Waals surface area contributed by atoms with E-state index in [2.05, 4.69) is 10.3 Å². The van der Waals surface area contributed by atoms with Gasteiger partial charge in [-0.15, -0.1) is 11.3 Å². The predicted molar refractivity (Wildman–Crippen MR) is 80.3 cm³/mol. The topological polar surface area (TPSA) is 121 Å². The summed E-state index contributed by atoms with van der Waals surface area (Å²) in [6.45, 7) is 3.78. The largest absolute Gasteiger partial charge is 0.466 e. The third kappa shape index (κ3) is 5.68. The van der Waals surface area contributed by atoms with E-state index >= 15 is 0 Å². The number of nitrogen functional groups attached to an aromatic ring is 1. The van der Waals surface area contributed by atoms with Gasteiger partial charge < -0.3 is 20.5 Å².